The maximum Gasteiger partial charge on any atom is 0.251 e. The molecule has 1 saturated heterocycles. The SMILES string of the molecule is CC(=O)NCc1ccc(C(=O)NCc2ccc(CN3C[C@@H](C)C[C@H](C)C3)cc2)cc1. The molecule has 1 heterocycles. The van der Waals surface area contributed by atoms with E-state index >= 15 is 0 Å². The van der Waals surface area contributed by atoms with Crippen LogP contribution in [0.3, 0.4) is 0 Å². The molecule has 0 spiro atoms. The third-order valence-electron chi connectivity index (χ3n) is 5.58. The molecule has 5 nitrogen and oxygen atoms in total. The number of amides is 2. The Labute approximate surface area is 179 Å². The average Bonchev–Trinajstić information content (AvgIpc) is 2.71. The van der Waals surface area contributed by atoms with E-state index in [-0.39, 0.29) is 11.8 Å². The zero-order valence-corrected chi connectivity index (χ0v) is 18.3. The second-order valence-corrected chi connectivity index (χ2v) is 8.75. The van der Waals surface area contributed by atoms with Gasteiger partial charge in [0.25, 0.3) is 5.91 Å². The number of piperidine rings is 1. The summed E-state index contributed by atoms with van der Waals surface area (Å²) in [5.41, 5.74) is 4.00. The Balaban J connectivity index is 1.47. The minimum atomic E-state index is -0.0959. The molecule has 0 bridgehead atoms. The fourth-order valence-electron chi connectivity index (χ4n) is 4.23. The van der Waals surface area contributed by atoms with Gasteiger partial charge in [0.1, 0.15) is 0 Å². The standard InChI is InChI=1S/C25H33N3O2/c1-18-12-19(2)16-28(15-18)17-23-6-4-21(5-7-23)14-27-25(30)24-10-8-22(9-11-24)13-26-20(3)29/h4-11,18-19H,12-17H2,1-3H3,(H,26,29)(H,27,30)/t18-,19-/m0/s1. The highest BCUT2D eigenvalue weighted by Gasteiger charge is 2.21. The predicted octanol–water partition coefficient (Wildman–Crippen LogP) is 3.73. The number of likely N-dealkylation sites (tertiary alicyclic amines) is 1. The summed E-state index contributed by atoms with van der Waals surface area (Å²) in [6.07, 6.45) is 1.33. The second-order valence-electron chi connectivity index (χ2n) is 8.75. The molecule has 0 aliphatic carbocycles. The summed E-state index contributed by atoms with van der Waals surface area (Å²) in [5, 5.41) is 5.73. The van der Waals surface area contributed by atoms with E-state index in [1.54, 1.807) is 12.1 Å². The molecule has 2 aromatic carbocycles. The third-order valence-corrected chi connectivity index (χ3v) is 5.58. The summed E-state index contributed by atoms with van der Waals surface area (Å²) in [6.45, 7) is 10.5. The monoisotopic (exact) mass is 407 g/mol. The molecule has 30 heavy (non-hydrogen) atoms. The Morgan fingerprint density at radius 2 is 1.33 bits per heavy atom. The van der Waals surface area contributed by atoms with Gasteiger partial charge in [-0.3, -0.25) is 14.5 Å². The highest BCUT2D eigenvalue weighted by molar-refractivity contribution is 5.94. The molecule has 0 radical (unpaired) electrons. The summed E-state index contributed by atoms with van der Waals surface area (Å²) >= 11 is 0. The minimum Gasteiger partial charge on any atom is -0.352 e. The molecule has 1 aliphatic heterocycles. The van der Waals surface area contributed by atoms with Crippen molar-refractivity contribution in [1.82, 2.24) is 15.5 Å². The fraction of sp³-hybridized carbons (Fsp3) is 0.440. The lowest BCUT2D eigenvalue weighted by Crippen LogP contribution is -2.38. The summed E-state index contributed by atoms with van der Waals surface area (Å²) in [5.74, 6) is 1.37. The van der Waals surface area contributed by atoms with Crippen molar-refractivity contribution in [3.63, 3.8) is 0 Å². The summed E-state index contributed by atoms with van der Waals surface area (Å²) < 4.78 is 0. The molecule has 1 aliphatic rings. The van der Waals surface area contributed by atoms with E-state index in [1.807, 2.05) is 12.1 Å². The lowest BCUT2D eigenvalue weighted by Gasteiger charge is -2.35. The summed E-state index contributed by atoms with van der Waals surface area (Å²) in [6, 6.07) is 15.8. The first-order chi connectivity index (χ1) is 14.4. The van der Waals surface area contributed by atoms with Gasteiger partial charge in [-0.05, 0) is 47.1 Å². The molecule has 5 heteroatoms. The number of carbonyl (C=O) groups excluding carboxylic acids is 2. The van der Waals surface area contributed by atoms with Crippen LogP contribution in [0, 0.1) is 11.8 Å². The Kier molecular flexibility index (Phi) is 7.63. The van der Waals surface area contributed by atoms with E-state index in [1.165, 1.54) is 32.0 Å². The van der Waals surface area contributed by atoms with Crippen molar-refractivity contribution >= 4 is 11.8 Å². The van der Waals surface area contributed by atoms with Gasteiger partial charge in [-0.25, -0.2) is 0 Å². The summed E-state index contributed by atoms with van der Waals surface area (Å²) in [4.78, 5) is 25.9. The number of rotatable bonds is 7. The van der Waals surface area contributed by atoms with Crippen LogP contribution in [0.4, 0.5) is 0 Å². The number of nitrogens with one attached hydrogen (secondary N) is 2. The van der Waals surface area contributed by atoms with Gasteiger partial charge in [0.2, 0.25) is 5.91 Å². The smallest absolute Gasteiger partial charge is 0.251 e. The van der Waals surface area contributed by atoms with Crippen LogP contribution in [0.2, 0.25) is 0 Å². The van der Waals surface area contributed by atoms with Gasteiger partial charge < -0.3 is 10.6 Å². The molecule has 2 amide bonds. The molecule has 0 aromatic heterocycles. The van der Waals surface area contributed by atoms with Crippen molar-refractivity contribution in [2.45, 2.75) is 46.8 Å². The second kappa shape index (κ2) is 10.4. The number of nitrogens with zero attached hydrogens (tertiary/aromatic N) is 1. The Morgan fingerprint density at radius 1 is 0.833 bits per heavy atom. The van der Waals surface area contributed by atoms with Gasteiger partial charge in [-0.15, -0.1) is 0 Å². The van der Waals surface area contributed by atoms with E-state index in [0.29, 0.717) is 18.7 Å². The van der Waals surface area contributed by atoms with Crippen LogP contribution in [0.5, 0.6) is 0 Å². The maximum absolute atomic E-state index is 12.4. The van der Waals surface area contributed by atoms with Crippen LogP contribution in [-0.4, -0.2) is 29.8 Å². The fourth-order valence-corrected chi connectivity index (χ4v) is 4.23. The normalized spacial score (nSPS) is 19.3. The van der Waals surface area contributed by atoms with E-state index in [2.05, 4.69) is 53.6 Å². The van der Waals surface area contributed by atoms with Crippen LogP contribution in [-0.2, 0) is 24.4 Å². The largest absolute Gasteiger partial charge is 0.352 e. The van der Waals surface area contributed by atoms with Gasteiger partial charge in [0.15, 0.2) is 0 Å². The molecule has 0 unspecified atom stereocenters. The molecule has 3 rings (SSSR count). The van der Waals surface area contributed by atoms with Gasteiger partial charge >= 0.3 is 0 Å². The minimum absolute atomic E-state index is 0.0668. The van der Waals surface area contributed by atoms with Gasteiger partial charge in [0, 0.05) is 45.2 Å². The highest BCUT2D eigenvalue weighted by atomic mass is 16.2. The van der Waals surface area contributed by atoms with E-state index in [0.717, 1.165) is 29.5 Å². The highest BCUT2D eigenvalue weighted by Crippen LogP contribution is 2.22. The van der Waals surface area contributed by atoms with E-state index in [4.69, 9.17) is 0 Å². The lowest BCUT2D eigenvalue weighted by atomic mass is 9.91. The Hall–Kier alpha value is -2.66. The van der Waals surface area contributed by atoms with Gasteiger partial charge in [0.05, 0.1) is 0 Å². The van der Waals surface area contributed by atoms with Crippen LogP contribution < -0.4 is 10.6 Å². The zero-order chi connectivity index (χ0) is 21.5. The Bertz CT molecular complexity index is 836. The molecule has 2 atom stereocenters. The Morgan fingerprint density at radius 3 is 1.90 bits per heavy atom. The van der Waals surface area contributed by atoms with Crippen LogP contribution in [0.25, 0.3) is 0 Å². The first kappa shape index (κ1) is 22.0. The van der Waals surface area contributed by atoms with Crippen molar-refractivity contribution in [3.8, 4) is 0 Å². The number of hydrogen-bond donors (Lipinski definition) is 2. The van der Waals surface area contributed by atoms with Crippen molar-refractivity contribution in [3.05, 3.63) is 70.8 Å². The van der Waals surface area contributed by atoms with Crippen molar-refractivity contribution in [2.75, 3.05) is 13.1 Å². The van der Waals surface area contributed by atoms with Crippen LogP contribution >= 0.6 is 0 Å². The molecule has 160 valence electrons. The van der Waals surface area contributed by atoms with Crippen LogP contribution in [0.1, 0.15) is 54.2 Å². The number of benzene rings is 2. The molecule has 1 fully saturated rings. The zero-order valence-electron chi connectivity index (χ0n) is 18.3. The third kappa shape index (κ3) is 6.70. The maximum atomic E-state index is 12.4. The van der Waals surface area contributed by atoms with E-state index in [9.17, 15) is 9.59 Å². The number of hydrogen-bond acceptors (Lipinski definition) is 3. The topological polar surface area (TPSA) is 61.4 Å². The molecular weight excluding hydrogens is 374 g/mol. The molecule has 2 aromatic rings. The lowest BCUT2D eigenvalue weighted by molar-refractivity contribution is -0.119. The quantitative estimate of drug-likeness (QED) is 0.735. The predicted molar refractivity (Wildman–Crippen MR) is 120 cm³/mol. The first-order valence-electron chi connectivity index (χ1n) is 10.8. The van der Waals surface area contributed by atoms with E-state index < -0.39 is 0 Å². The number of carbonyl (C=O) groups is 2. The van der Waals surface area contributed by atoms with Gasteiger partial charge in [-0.2, -0.15) is 0 Å². The van der Waals surface area contributed by atoms with Gasteiger partial charge in [-0.1, -0.05) is 50.2 Å². The van der Waals surface area contributed by atoms with Crippen LogP contribution in [0.15, 0.2) is 48.5 Å². The van der Waals surface area contributed by atoms with Crippen molar-refractivity contribution < 1.29 is 9.59 Å². The van der Waals surface area contributed by atoms with Crippen molar-refractivity contribution in [2.24, 2.45) is 11.8 Å². The van der Waals surface area contributed by atoms with Crippen molar-refractivity contribution in [1.29, 1.82) is 0 Å². The first-order valence-corrected chi connectivity index (χ1v) is 10.8. The molecular formula is C25H33N3O2. The average molecular weight is 408 g/mol. The molecule has 0 saturated carbocycles. The molecule has 2 N–H and O–H groups in total. The summed E-state index contributed by atoms with van der Waals surface area (Å²) in [7, 11) is 0.